The van der Waals surface area contributed by atoms with Gasteiger partial charge in [-0.15, -0.1) is 0 Å². The third-order valence-electron chi connectivity index (χ3n) is 3.90. The molecular weight excluding hydrogens is 359 g/mol. The van der Waals surface area contributed by atoms with Crippen LogP contribution in [0.3, 0.4) is 0 Å². The molecule has 134 valence electrons. The molecule has 1 aliphatic rings. The number of aromatic nitrogens is 1. The average Bonchev–Trinajstić information content (AvgIpc) is 3.06. The molecule has 8 heteroatoms. The van der Waals surface area contributed by atoms with Gasteiger partial charge < -0.3 is 10.2 Å². The molecule has 1 fully saturated rings. The molecule has 1 saturated heterocycles. The smallest absolute Gasteiger partial charge is 0.309 e. The van der Waals surface area contributed by atoms with Crippen molar-refractivity contribution in [2.24, 2.45) is 0 Å². The fourth-order valence-corrected chi connectivity index (χ4v) is 2.75. The second kappa shape index (κ2) is 7.97. The quantitative estimate of drug-likeness (QED) is 0.493. The van der Waals surface area contributed by atoms with Crippen molar-refractivity contribution >= 4 is 17.7 Å². The van der Waals surface area contributed by atoms with Crippen LogP contribution in [0.5, 0.6) is 0 Å². The highest BCUT2D eigenvalue weighted by atomic mass is 35.5. The van der Waals surface area contributed by atoms with Crippen LogP contribution in [0.25, 0.3) is 6.08 Å². The Hall–Kier alpha value is -2.93. The Kier molecular flexibility index (Phi) is 5.48. The molecule has 1 aromatic carbocycles. The van der Waals surface area contributed by atoms with Gasteiger partial charge >= 0.3 is 5.70 Å². The molecule has 26 heavy (non-hydrogen) atoms. The number of hydrogen-bond donors (Lipinski definition) is 1. The summed E-state index contributed by atoms with van der Waals surface area (Å²) in [4.78, 5) is 17.0. The van der Waals surface area contributed by atoms with Gasteiger partial charge in [0.1, 0.15) is 11.0 Å². The summed E-state index contributed by atoms with van der Waals surface area (Å²) in [6, 6.07) is 9.28. The monoisotopic (exact) mass is 374 g/mol. The number of benzene rings is 1. The Morgan fingerprint density at radius 1 is 1.35 bits per heavy atom. The second-order valence-electron chi connectivity index (χ2n) is 5.71. The first-order chi connectivity index (χ1) is 12.5. The number of halogens is 2. The number of nitro groups is 1. The molecule has 2 aromatic rings. The summed E-state index contributed by atoms with van der Waals surface area (Å²) in [5.74, 6) is 0.0959. The predicted molar refractivity (Wildman–Crippen MR) is 97.1 cm³/mol. The van der Waals surface area contributed by atoms with Crippen LogP contribution >= 0.6 is 11.6 Å². The van der Waals surface area contributed by atoms with Crippen molar-refractivity contribution in [3.63, 3.8) is 0 Å². The molecule has 0 saturated carbocycles. The van der Waals surface area contributed by atoms with Crippen molar-refractivity contribution in [2.75, 3.05) is 13.1 Å². The van der Waals surface area contributed by atoms with Gasteiger partial charge in [-0.05, 0) is 35.4 Å². The summed E-state index contributed by atoms with van der Waals surface area (Å²) < 4.78 is 13.0. The standard InChI is InChI=1S/C18H16ClFN4O2/c19-17-8-4-14(11-22-17)12-23-10-9-21-18(23)16(24(25)26)7-3-13-1-5-15(20)6-2-13/h1-8,11,21H,9-10,12H2/b7-3+,18-16+. The van der Waals surface area contributed by atoms with Gasteiger partial charge in [-0.1, -0.05) is 29.8 Å². The molecular formula is C18H16ClFN4O2. The molecule has 0 aliphatic carbocycles. The van der Waals surface area contributed by atoms with Crippen LogP contribution in [0.1, 0.15) is 11.1 Å². The summed E-state index contributed by atoms with van der Waals surface area (Å²) in [6.45, 7) is 1.73. The first-order valence-corrected chi connectivity index (χ1v) is 8.32. The summed E-state index contributed by atoms with van der Waals surface area (Å²) in [5, 5.41) is 15.0. The minimum absolute atomic E-state index is 0.0475. The number of allylic oxidation sites excluding steroid dienone is 1. The van der Waals surface area contributed by atoms with E-state index >= 15 is 0 Å². The molecule has 0 unspecified atom stereocenters. The number of rotatable bonds is 5. The first kappa shape index (κ1) is 17.9. The fraction of sp³-hybridized carbons (Fsp3) is 0.167. The van der Waals surface area contributed by atoms with Gasteiger partial charge in [-0.3, -0.25) is 10.1 Å². The number of pyridine rings is 1. The lowest BCUT2D eigenvalue weighted by atomic mass is 10.2. The zero-order valence-electron chi connectivity index (χ0n) is 13.7. The van der Waals surface area contributed by atoms with E-state index in [0.29, 0.717) is 36.2 Å². The fourth-order valence-electron chi connectivity index (χ4n) is 2.64. The molecule has 0 spiro atoms. The maximum absolute atomic E-state index is 13.0. The van der Waals surface area contributed by atoms with E-state index in [9.17, 15) is 14.5 Å². The van der Waals surface area contributed by atoms with Crippen molar-refractivity contribution in [1.82, 2.24) is 15.2 Å². The Labute approximate surface area is 154 Å². The van der Waals surface area contributed by atoms with Crippen LogP contribution in [0.15, 0.2) is 60.2 Å². The van der Waals surface area contributed by atoms with E-state index in [1.807, 2.05) is 11.0 Å². The second-order valence-corrected chi connectivity index (χ2v) is 6.10. The molecule has 0 atom stereocenters. The molecule has 0 bridgehead atoms. The highest BCUT2D eigenvalue weighted by molar-refractivity contribution is 6.29. The predicted octanol–water partition coefficient (Wildman–Crippen LogP) is 3.44. The zero-order chi connectivity index (χ0) is 18.5. The number of nitrogens with one attached hydrogen (secondary N) is 1. The van der Waals surface area contributed by atoms with E-state index < -0.39 is 4.92 Å². The Bertz CT molecular complexity index is 850. The van der Waals surface area contributed by atoms with Gasteiger partial charge in [0, 0.05) is 31.9 Å². The largest absolute Gasteiger partial charge is 0.364 e. The van der Waals surface area contributed by atoms with Crippen molar-refractivity contribution in [3.05, 3.63) is 92.4 Å². The zero-order valence-corrected chi connectivity index (χ0v) is 14.5. The van der Waals surface area contributed by atoms with Crippen molar-refractivity contribution in [2.45, 2.75) is 6.54 Å². The maximum Gasteiger partial charge on any atom is 0.309 e. The number of hydrogen-bond acceptors (Lipinski definition) is 5. The molecule has 1 aliphatic heterocycles. The summed E-state index contributed by atoms with van der Waals surface area (Å²) in [6.07, 6.45) is 4.67. The minimum atomic E-state index is -0.430. The van der Waals surface area contributed by atoms with Gasteiger partial charge in [0.15, 0.2) is 5.82 Å². The van der Waals surface area contributed by atoms with E-state index in [2.05, 4.69) is 10.3 Å². The highest BCUT2D eigenvalue weighted by Crippen LogP contribution is 2.19. The van der Waals surface area contributed by atoms with E-state index in [1.165, 1.54) is 18.2 Å². The van der Waals surface area contributed by atoms with Crippen LogP contribution in [-0.2, 0) is 6.54 Å². The summed E-state index contributed by atoms with van der Waals surface area (Å²) in [7, 11) is 0. The van der Waals surface area contributed by atoms with Gasteiger partial charge in [-0.2, -0.15) is 0 Å². The van der Waals surface area contributed by atoms with Crippen LogP contribution in [0.4, 0.5) is 4.39 Å². The molecule has 0 amide bonds. The van der Waals surface area contributed by atoms with E-state index in [0.717, 1.165) is 5.56 Å². The van der Waals surface area contributed by atoms with Gasteiger partial charge in [-0.25, -0.2) is 9.37 Å². The lowest BCUT2D eigenvalue weighted by Crippen LogP contribution is -2.23. The van der Waals surface area contributed by atoms with Gasteiger partial charge in [0.05, 0.1) is 4.92 Å². The first-order valence-electron chi connectivity index (χ1n) is 7.94. The summed E-state index contributed by atoms with van der Waals surface area (Å²) in [5.41, 5.74) is 1.53. The molecule has 1 aromatic heterocycles. The van der Waals surface area contributed by atoms with E-state index in [-0.39, 0.29) is 11.5 Å². The van der Waals surface area contributed by atoms with E-state index in [1.54, 1.807) is 30.5 Å². The van der Waals surface area contributed by atoms with Crippen LogP contribution in [-0.4, -0.2) is 27.9 Å². The SMILES string of the molecule is O=[N+]([O-])C(/C=C/c1ccc(F)cc1)=C1\NCCN1Cc1ccc(Cl)nc1. The molecule has 0 radical (unpaired) electrons. The Morgan fingerprint density at radius 2 is 2.12 bits per heavy atom. The van der Waals surface area contributed by atoms with Crippen LogP contribution in [0.2, 0.25) is 5.15 Å². The lowest BCUT2D eigenvalue weighted by Gasteiger charge is -2.18. The van der Waals surface area contributed by atoms with Crippen molar-refractivity contribution < 1.29 is 9.31 Å². The van der Waals surface area contributed by atoms with Gasteiger partial charge in [0.25, 0.3) is 0 Å². The minimum Gasteiger partial charge on any atom is -0.364 e. The van der Waals surface area contributed by atoms with E-state index in [4.69, 9.17) is 11.6 Å². The third kappa shape index (κ3) is 4.37. The normalized spacial score (nSPS) is 16.0. The summed E-state index contributed by atoms with van der Waals surface area (Å²) >= 11 is 5.79. The Balaban J connectivity index is 1.85. The lowest BCUT2D eigenvalue weighted by molar-refractivity contribution is -0.421. The van der Waals surface area contributed by atoms with Crippen molar-refractivity contribution in [3.8, 4) is 0 Å². The van der Waals surface area contributed by atoms with Crippen molar-refractivity contribution in [1.29, 1.82) is 0 Å². The Morgan fingerprint density at radius 3 is 2.77 bits per heavy atom. The molecule has 3 rings (SSSR count). The molecule has 2 heterocycles. The number of nitrogens with zero attached hydrogens (tertiary/aromatic N) is 3. The van der Waals surface area contributed by atoms with Crippen LogP contribution in [0, 0.1) is 15.9 Å². The molecule has 1 N–H and O–H groups in total. The highest BCUT2D eigenvalue weighted by Gasteiger charge is 2.26. The average molecular weight is 375 g/mol. The third-order valence-corrected chi connectivity index (χ3v) is 4.12. The topological polar surface area (TPSA) is 71.3 Å². The van der Waals surface area contributed by atoms with Gasteiger partial charge in [0.2, 0.25) is 0 Å². The maximum atomic E-state index is 13.0. The van der Waals surface area contributed by atoms with Crippen LogP contribution < -0.4 is 5.32 Å². The molecule has 6 nitrogen and oxygen atoms in total.